The van der Waals surface area contributed by atoms with E-state index in [2.05, 4.69) is 68.8 Å². The van der Waals surface area contributed by atoms with Gasteiger partial charge in [-0.1, -0.05) is 68.2 Å². The number of nitrogens with one attached hydrogen (secondary N) is 12. The number of rotatable bonds is 54. The van der Waals surface area contributed by atoms with Crippen LogP contribution in [0.3, 0.4) is 0 Å². The number of amides is 14. The van der Waals surface area contributed by atoms with E-state index in [-0.39, 0.29) is 108 Å². The maximum Gasteiger partial charge on any atom is 0.245 e. The van der Waals surface area contributed by atoms with Crippen molar-refractivity contribution >= 4 is 88.7 Å². The first-order valence-electron chi connectivity index (χ1n) is 37.8. The SMILES string of the molecule is CC[C@H](C)[C@H](NC(=O)[C@H](C)NC(=O)[C@H](C)NC(=O)[C@H](CC(C)C)NC(=O)[C@@H](NC(=O)[C@H](CCCCN)NC(=O)[C@H](CCCN=C(N)N)NC(=O)[C@@H]1CCCN1C(=O)[C@H](CC(C)C)NC(=O)CN)[C@@H](C)CC)C(=O)N[C@@H](C)C(=O)N[C@@H](CCCCN)C(=O)N[C@@H](CCCCN)C(=O)N[C@@H](CCCCN)C(N)=O. The second-order valence-electron chi connectivity index (χ2n) is 28.6. The average molecular weight is 1510 g/mol. The molecule has 106 heavy (non-hydrogen) atoms. The number of carbonyl (C=O) groups is 14. The molecule has 0 aromatic rings. The van der Waals surface area contributed by atoms with Crippen molar-refractivity contribution in [2.75, 3.05) is 45.8 Å². The molecule has 28 N–H and O–H groups in total. The molecule has 606 valence electrons. The maximum absolute atomic E-state index is 14.5. The van der Waals surface area contributed by atoms with Gasteiger partial charge in [-0.05, 0) is 186 Å². The van der Waals surface area contributed by atoms with Crippen LogP contribution in [0, 0.1) is 23.7 Å². The Morgan fingerprint density at radius 2 is 0.726 bits per heavy atom. The molecule has 1 aliphatic heterocycles. The third-order valence-electron chi connectivity index (χ3n) is 18.5. The second-order valence-corrected chi connectivity index (χ2v) is 28.6. The van der Waals surface area contributed by atoms with Crippen molar-refractivity contribution in [1.29, 1.82) is 0 Å². The van der Waals surface area contributed by atoms with Gasteiger partial charge in [-0.15, -0.1) is 0 Å². The van der Waals surface area contributed by atoms with E-state index in [1.807, 2.05) is 13.8 Å². The third-order valence-corrected chi connectivity index (χ3v) is 18.5. The summed E-state index contributed by atoms with van der Waals surface area (Å²) in [5.41, 5.74) is 45.2. The molecule has 1 fully saturated rings. The number of hydrogen-bond donors (Lipinski definition) is 20. The van der Waals surface area contributed by atoms with E-state index in [0.29, 0.717) is 83.7 Å². The molecule has 15 atom stereocenters. The molecular weight excluding hydrogens is 1370 g/mol. The molecule has 0 aliphatic carbocycles. The first kappa shape index (κ1) is 95.7. The number of unbranched alkanes of at least 4 members (excludes halogenated alkanes) is 4. The zero-order valence-corrected chi connectivity index (χ0v) is 64.6. The summed E-state index contributed by atoms with van der Waals surface area (Å²) in [5, 5.41) is 32.2. The highest BCUT2D eigenvalue weighted by Gasteiger charge is 2.41. The Morgan fingerprint density at radius 1 is 0.387 bits per heavy atom. The Labute approximate surface area is 625 Å². The minimum Gasteiger partial charge on any atom is -0.370 e. The van der Waals surface area contributed by atoms with Gasteiger partial charge in [0.15, 0.2) is 5.96 Å². The van der Waals surface area contributed by atoms with Crippen LogP contribution in [-0.4, -0.2) is 218 Å². The van der Waals surface area contributed by atoms with Crippen molar-refractivity contribution in [2.24, 2.45) is 74.5 Å². The van der Waals surface area contributed by atoms with Gasteiger partial charge >= 0.3 is 0 Å². The summed E-state index contributed by atoms with van der Waals surface area (Å²) in [4.78, 5) is 199. The number of likely N-dealkylation sites (tertiary alicyclic amines) is 1. The molecule has 0 aromatic heterocycles. The van der Waals surface area contributed by atoms with Crippen molar-refractivity contribution in [3.05, 3.63) is 0 Å². The summed E-state index contributed by atoms with van der Waals surface area (Å²) in [6.07, 6.45) is 6.24. The van der Waals surface area contributed by atoms with Crippen LogP contribution < -0.4 is 110 Å². The van der Waals surface area contributed by atoms with Crippen LogP contribution in [-0.2, 0) is 67.1 Å². The van der Waals surface area contributed by atoms with Gasteiger partial charge in [0.05, 0.1) is 6.54 Å². The molecule has 1 rings (SSSR count). The van der Waals surface area contributed by atoms with Gasteiger partial charge in [-0.25, -0.2) is 0 Å². The summed E-state index contributed by atoms with van der Waals surface area (Å²) >= 11 is 0. The van der Waals surface area contributed by atoms with E-state index >= 15 is 0 Å². The first-order chi connectivity index (χ1) is 50.0. The fourth-order valence-corrected chi connectivity index (χ4v) is 11.7. The fourth-order valence-electron chi connectivity index (χ4n) is 11.7. The van der Waals surface area contributed by atoms with Gasteiger partial charge in [0.2, 0.25) is 82.7 Å². The smallest absolute Gasteiger partial charge is 0.245 e. The van der Waals surface area contributed by atoms with E-state index in [1.54, 1.807) is 41.5 Å². The van der Waals surface area contributed by atoms with E-state index in [0.717, 1.165) is 0 Å². The van der Waals surface area contributed by atoms with Crippen LogP contribution in [0.4, 0.5) is 0 Å². The van der Waals surface area contributed by atoms with E-state index in [9.17, 15) is 67.1 Å². The molecule has 0 radical (unpaired) electrons. The van der Waals surface area contributed by atoms with Crippen molar-refractivity contribution in [3.63, 3.8) is 0 Å². The Morgan fingerprint density at radius 3 is 1.15 bits per heavy atom. The van der Waals surface area contributed by atoms with Crippen LogP contribution in [0.25, 0.3) is 0 Å². The normalized spacial score (nSPS) is 16.7. The van der Waals surface area contributed by atoms with Crippen molar-refractivity contribution in [2.45, 2.75) is 283 Å². The predicted molar refractivity (Wildman–Crippen MR) is 403 cm³/mol. The lowest BCUT2D eigenvalue weighted by molar-refractivity contribution is -0.142. The van der Waals surface area contributed by atoms with Crippen LogP contribution in [0.15, 0.2) is 4.99 Å². The minimum atomic E-state index is -1.31. The number of nitrogens with zero attached hydrogens (tertiary/aromatic N) is 2. The number of hydrogen-bond acceptors (Lipinski definition) is 20. The first-order valence-corrected chi connectivity index (χ1v) is 37.8. The van der Waals surface area contributed by atoms with Gasteiger partial charge in [0.1, 0.15) is 78.5 Å². The molecule has 0 spiro atoms. The molecule has 0 aromatic carbocycles. The summed E-state index contributed by atoms with van der Waals surface area (Å²) in [5.74, 6) is -11.5. The molecule has 36 nitrogen and oxygen atoms in total. The fraction of sp³-hybridized carbons (Fsp3) is 0.786. The van der Waals surface area contributed by atoms with Crippen LogP contribution in [0.1, 0.15) is 205 Å². The highest BCUT2D eigenvalue weighted by molar-refractivity contribution is 6.00. The number of guanidine groups is 1. The number of nitrogens with two attached hydrogens (primary N) is 8. The maximum atomic E-state index is 14.5. The molecule has 36 heteroatoms. The molecule has 14 amide bonds. The van der Waals surface area contributed by atoms with E-state index in [4.69, 9.17) is 45.9 Å². The van der Waals surface area contributed by atoms with Gasteiger partial charge in [0, 0.05) is 13.1 Å². The lowest BCUT2D eigenvalue weighted by Crippen LogP contribution is -2.61. The van der Waals surface area contributed by atoms with Crippen LogP contribution >= 0.6 is 0 Å². The molecule has 1 heterocycles. The van der Waals surface area contributed by atoms with Gasteiger partial charge in [0.25, 0.3) is 0 Å². The number of primary amides is 1. The lowest BCUT2D eigenvalue weighted by Gasteiger charge is -2.31. The highest BCUT2D eigenvalue weighted by atomic mass is 16.2. The van der Waals surface area contributed by atoms with Gasteiger partial charge in [-0.3, -0.25) is 72.1 Å². The molecule has 0 unspecified atom stereocenters. The Balaban J connectivity index is 3.38. The van der Waals surface area contributed by atoms with Crippen molar-refractivity contribution in [1.82, 2.24) is 68.7 Å². The summed E-state index contributed by atoms with van der Waals surface area (Å²) in [6.45, 7) is 19.6. The Hall–Kier alpha value is -8.35. The van der Waals surface area contributed by atoms with Crippen LogP contribution in [0.5, 0.6) is 0 Å². The van der Waals surface area contributed by atoms with E-state index in [1.165, 1.54) is 25.7 Å². The average Bonchev–Trinajstić information content (AvgIpc) is 1.27. The summed E-state index contributed by atoms with van der Waals surface area (Å²) < 4.78 is 0. The Bertz CT molecular complexity index is 2850. The van der Waals surface area contributed by atoms with Crippen molar-refractivity contribution < 1.29 is 67.1 Å². The minimum absolute atomic E-state index is 0.0104. The second kappa shape index (κ2) is 51.8. The Kier molecular flexibility index (Phi) is 46.7. The quantitative estimate of drug-likeness (QED) is 0.0157. The zero-order chi connectivity index (χ0) is 80.3. The topological polar surface area (TPSA) is 607 Å². The molecular formula is C70H132N22O14. The van der Waals surface area contributed by atoms with Gasteiger partial charge < -0.3 is 115 Å². The van der Waals surface area contributed by atoms with E-state index < -0.39 is 173 Å². The third kappa shape index (κ3) is 35.8. The molecule has 0 saturated carbocycles. The highest BCUT2D eigenvalue weighted by Crippen LogP contribution is 2.22. The predicted octanol–water partition coefficient (Wildman–Crippen LogP) is -3.95. The van der Waals surface area contributed by atoms with Gasteiger partial charge in [-0.2, -0.15) is 0 Å². The van der Waals surface area contributed by atoms with Crippen molar-refractivity contribution in [3.8, 4) is 0 Å². The number of aliphatic imine (C=N–C) groups is 1. The number of carbonyl (C=O) groups excluding carboxylic acids is 14. The molecule has 1 saturated heterocycles. The monoisotopic (exact) mass is 1510 g/mol. The summed E-state index contributed by atoms with van der Waals surface area (Å²) in [6, 6.07) is -15.6. The molecule has 1 aliphatic rings. The zero-order valence-electron chi connectivity index (χ0n) is 64.6. The largest absolute Gasteiger partial charge is 0.370 e. The lowest BCUT2D eigenvalue weighted by atomic mass is 9.96. The summed E-state index contributed by atoms with van der Waals surface area (Å²) in [7, 11) is 0. The molecule has 0 bridgehead atoms. The standard InChI is InChI=1S/C70H132N22O14/c1-12-41(7)55(67(104)82-44(10)59(96)85-47(25-15-19-31-72)62(99)86-48(26-16-20-32-73)61(98)84-46(57(76)94)24-14-18-30-71)90-60(97)45(11)80-58(95)43(9)81-65(102)51(36-39(3)4)89-68(105)56(42(8)13-2)91-64(101)49(27-17-21-33-74)87-63(100)50(28-22-34-79-70(77)78)88-66(103)53-29-23-35-92(53)69(106)52(37-40(5)6)83-54(93)38-75/h39-53,55-56H,12-38,71-75H2,1-11H3,(H2,76,94)(H,80,95)(H,81,102)(H,82,104)(H,83,93)(H,84,98)(H,85,96)(H,86,99)(H,87,100)(H,88,103)(H,89,105)(H,90,97)(H,91,101)(H4,77,78,79)/t41-,42-,43-,44-,45-,46-,47-,48-,49-,50-,51-,52-,53-,55-,56-/m0/s1. The van der Waals surface area contributed by atoms with Crippen LogP contribution in [0.2, 0.25) is 0 Å².